The van der Waals surface area contributed by atoms with E-state index in [0.717, 1.165) is 23.1 Å². The zero-order valence-corrected chi connectivity index (χ0v) is 16.8. The van der Waals surface area contributed by atoms with Crippen molar-refractivity contribution in [1.82, 2.24) is 9.88 Å². The van der Waals surface area contributed by atoms with Crippen LogP contribution in [0.2, 0.25) is 5.02 Å². The van der Waals surface area contributed by atoms with Crippen LogP contribution >= 0.6 is 11.6 Å². The number of para-hydroxylation sites is 1. The predicted molar refractivity (Wildman–Crippen MR) is 112 cm³/mol. The molecule has 0 radical (unpaired) electrons. The van der Waals surface area contributed by atoms with Crippen LogP contribution in [-0.2, 0) is 0 Å². The van der Waals surface area contributed by atoms with Crippen molar-refractivity contribution in [2.45, 2.75) is 6.92 Å². The summed E-state index contributed by atoms with van der Waals surface area (Å²) in [5, 5.41) is 4.09. The summed E-state index contributed by atoms with van der Waals surface area (Å²) in [4.78, 5) is 18.9. The highest BCUT2D eigenvalue weighted by Crippen LogP contribution is 2.29. The summed E-state index contributed by atoms with van der Waals surface area (Å²) >= 11 is 6.16. The Labute approximate surface area is 169 Å². The minimum Gasteiger partial charge on any atom is -0.491 e. The van der Waals surface area contributed by atoms with Gasteiger partial charge in [-0.1, -0.05) is 29.8 Å². The molecular weight excluding hydrogens is 378 g/mol. The Balaban J connectivity index is 1.72. The van der Waals surface area contributed by atoms with E-state index in [0.29, 0.717) is 28.8 Å². The average molecular weight is 400 g/mol. The van der Waals surface area contributed by atoms with Gasteiger partial charge in [-0.2, -0.15) is 0 Å². The number of nitrogens with zero attached hydrogens (tertiary/aromatic N) is 2. The fourth-order valence-corrected chi connectivity index (χ4v) is 2.82. The fraction of sp³-hybridized carbons (Fsp3) is 0.238. The van der Waals surface area contributed by atoms with Gasteiger partial charge in [-0.05, 0) is 45.3 Å². The van der Waals surface area contributed by atoms with Gasteiger partial charge in [-0.15, -0.1) is 0 Å². The Bertz CT molecular complexity index is 992. The van der Waals surface area contributed by atoms with Crippen LogP contribution in [0.1, 0.15) is 5.69 Å². The van der Waals surface area contributed by atoms with Crippen molar-refractivity contribution in [3.63, 3.8) is 0 Å². The van der Waals surface area contributed by atoms with E-state index >= 15 is 0 Å². The summed E-state index contributed by atoms with van der Waals surface area (Å²) in [5.74, 6) is 0.816. The molecule has 0 aliphatic rings. The molecule has 0 saturated heterocycles. The third-order valence-electron chi connectivity index (χ3n) is 3.99. The van der Waals surface area contributed by atoms with Crippen LogP contribution in [0.25, 0.3) is 10.9 Å². The lowest BCUT2D eigenvalue weighted by molar-refractivity contribution is 0.214. The lowest BCUT2D eigenvalue weighted by atomic mass is 10.1. The number of anilines is 1. The Morgan fingerprint density at radius 2 is 1.96 bits per heavy atom. The van der Waals surface area contributed by atoms with Crippen molar-refractivity contribution in [1.29, 1.82) is 0 Å². The molecule has 3 aromatic rings. The Morgan fingerprint density at radius 1 is 1.18 bits per heavy atom. The van der Waals surface area contributed by atoms with E-state index in [4.69, 9.17) is 21.1 Å². The second-order valence-electron chi connectivity index (χ2n) is 6.59. The molecule has 0 fully saturated rings. The van der Waals surface area contributed by atoms with E-state index in [1.807, 2.05) is 50.2 Å². The molecule has 28 heavy (non-hydrogen) atoms. The first kappa shape index (κ1) is 19.9. The van der Waals surface area contributed by atoms with Crippen LogP contribution in [0, 0.1) is 6.92 Å². The van der Waals surface area contributed by atoms with Gasteiger partial charge in [-0.3, -0.25) is 10.3 Å². The maximum Gasteiger partial charge on any atom is 0.417 e. The van der Waals surface area contributed by atoms with Gasteiger partial charge in [0, 0.05) is 23.7 Å². The second kappa shape index (κ2) is 8.91. The molecule has 7 heteroatoms. The summed E-state index contributed by atoms with van der Waals surface area (Å²) < 4.78 is 11.1. The van der Waals surface area contributed by atoms with Crippen LogP contribution in [0.15, 0.2) is 48.5 Å². The molecule has 0 spiro atoms. The molecule has 1 aromatic heterocycles. The number of aryl methyl sites for hydroxylation is 1. The molecule has 0 atom stereocenters. The number of likely N-dealkylation sites (N-methyl/N-ethyl adjacent to an activating group) is 1. The van der Waals surface area contributed by atoms with Crippen molar-refractivity contribution in [3.05, 3.63) is 59.2 Å². The monoisotopic (exact) mass is 399 g/mol. The highest BCUT2D eigenvalue weighted by atomic mass is 35.5. The van der Waals surface area contributed by atoms with E-state index in [-0.39, 0.29) is 0 Å². The molecule has 1 amide bonds. The number of aromatic nitrogens is 1. The van der Waals surface area contributed by atoms with Gasteiger partial charge in [0.15, 0.2) is 0 Å². The van der Waals surface area contributed by atoms with Crippen LogP contribution in [-0.4, -0.2) is 43.2 Å². The number of ether oxygens (including phenoxy) is 2. The van der Waals surface area contributed by atoms with Crippen LogP contribution in [0.5, 0.6) is 11.5 Å². The lowest BCUT2D eigenvalue weighted by Gasteiger charge is -2.13. The normalized spacial score (nSPS) is 10.9. The molecule has 0 saturated carbocycles. The number of pyridine rings is 1. The first-order chi connectivity index (χ1) is 13.4. The van der Waals surface area contributed by atoms with Crippen LogP contribution in [0.4, 0.5) is 10.5 Å². The summed E-state index contributed by atoms with van der Waals surface area (Å²) in [6.45, 7) is 3.10. The number of benzene rings is 2. The van der Waals surface area contributed by atoms with Gasteiger partial charge < -0.3 is 14.4 Å². The minimum absolute atomic E-state index is 0.344. The number of nitrogens with one attached hydrogen (secondary N) is 1. The van der Waals surface area contributed by atoms with E-state index in [2.05, 4.69) is 10.3 Å². The third-order valence-corrected chi connectivity index (χ3v) is 4.30. The molecule has 0 unspecified atom stereocenters. The van der Waals surface area contributed by atoms with Crippen molar-refractivity contribution in [3.8, 4) is 11.5 Å². The first-order valence-electron chi connectivity index (χ1n) is 8.84. The zero-order chi connectivity index (χ0) is 20.1. The molecule has 146 valence electrons. The van der Waals surface area contributed by atoms with E-state index in [1.54, 1.807) is 24.3 Å². The Hall–Kier alpha value is -2.83. The number of fused-ring (bicyclic) bond motifs is 1. The zero-order valence-electron chi connectivity index (χ0n) is 16.0. The van der Waals surface area contributed by atoms with E-state index in [1.165, 1.54) is 0 Å². The number of hydrogen-bond acceptors (Lipinski definition) is 5. The van der Waals surface area contributed by atoms with Gasteiger partial charge in [0.05, 0.1) is 16.2 Å². The number of amides is 1. The summed E-state index contributed by atoms with van der Waals surface area (Å²) in [6.07, 6.45) is -0.600. The standard InChI is InChI=1S/C21H22ClN3O3/c1-14-12-19(16-6-4-5-7-18(16)23-14)24-21(26)28-15-8-9-17(22)20(13-15)27-11-10-25(2)3/h4-9,12-13H,10-11H2,1-3H3,(H,23,24,26). The Morgan fingerprint density at radius 3 is 2.75 bits per heavy atom. The van der Waals surface area contributed by atoms with E-state index < -0.39 is 6.09 Å². The van der Waals surface area contributed by atoms with Gasteiger partial charge in [0.25, 0.3) is 0 Å². The van der Waals surface area contributed by atoms with Gasteiger partial charge in [0.1, 0.15) is 18.1 Å². The summed E-state index contributed by atoms with van der Waals surface area (Å²) in [6, 6.07) is 14.3. The highest BCUT2D eigenvalue weighted by molar-refractivity contribution is 6.32. The smallest absolute Gasteiger partial charge is 0.417 e. The molecule has 6 nitrogen and oxygen atoms in total. The van der Waals surface area contributed by atoms with Crippen molar-refractivity contribution in [2.75, 3.05) is 32.6 Å². The topological polar surface area (TPSA) is 63.7 Å². The Kier molecular flexibility index (Phi) is 6.34. The molecule has 2 aromatic carbocycles. The predicted octanol–water partition coefficient (Wildman–Crippen LogP) is 4.75. The van der Waals surface area contributed by atoms with E-state index in [9.17, 15) is 4.79 Å². The maximum absolute atomic E-state index is 12.4. The van der Waals surface area contributed by atoms with Crippen molar-refractivity contribution >= 4 is 34.3 Å². The molecule has 1 N–H and O–H groups in total. The van der Waals surface area contributed by atoms with Crippen molar-refractivity contribution in [2.24, 2.45) is 0 Å². The fourth-order valence-electron chi connectivity index (χ4n) is 2.65. The number of halogens is 1. The number of carbonyl (C=O) groups excluding carboxylic acids is 1. The lowest BCUT2D eigenvalue weighted by Crippen LogP contribution is -2.19. The van der Waals surface area contributed by atoms with Gasteiger partial charge >= 0.3 is 6.09 Å². The first-order valence-corrected chi connectivity index (χ1v) is 9.22. The van der Waals surface area contributed by atoms with Gasteiger partial charge in [0.2, 0.25) is 0 Å². The van der Waals surface area contributed by atoms with Crippen LogP contribution in [0.3, 0.4) is 0 Å². The molecule has 1 heterocycles. The summed E-state index contributed by atoms with van der Waals surface area (Å²) in [5.41, 5.74) is 2.25. The van der Waals surface area contributed by atoms with Crippen LogP contribution < -0.4 is 14.8 Å². The average Bonchev–Trinajstić information content (AvgIpc) is 2.64. The molecule has 0 aliphatic carbocycles. The molecule has 0 aliphatic heterocycles. The highest BCUT2D eigenvalue weighted by Gasteiger charge is 2.11. The quantitative estimate of drug-likeness (QED) is 0.648. The largest absolute Gasteiger partial charge is 0.491 e. The number of rotatable bonds is 6. The van der Waals surface area contributed by atoms with Crippen molar-refractivity contribution < 1.29 is 14.3 Å². The summed E-state index contributed by atoms with van der Waals surface area (Å²) in [7, 11) is 3.92. The maximum atomic E-state index is 12.4. The SMILES string of the molecule is Cc1cc(NC(=O)Oc2ccc(Cl)c(OCCN(C)C)c2)c2ccccc2n1. The minimum atomic E-state index is -0.600. The molecule has 3 rings (SSSR count). The third kappa shape index (κ3) is 5.12. The molecule has 0 bridgehead atoms. The molecular formula is C21H22ClN3O3. The number of carbonyl (C=O) groups is 1. The van der Waals surface area contributed by atoms with Gasteiger partial charge in [-0.25, -0.2) is 4.79 Å². The number of hydrogen-bond donors (Lipinski definition) is 1. The second-order valence-corrected chi connectivity index (χ2v) is 6.99.